The third-order valence-corrected chi connectivity index (χ3v) is 3.22. The summed E-state index contributed by atoms with van der Waals surface area (Å²) in [5.74, 6) is 0. The van der Waals surface area contributed by atoms with Gasteiger partial charge in [0, 0.05) is 39.2 Å². The van der Waals surface area contributed by atoms with Gasteiger partial charge in [-0.3, -0.25) is 4.90 Å². The lowest BCUT2D eigenvalue weighted by molar-refractivity contribution is 0.123. The van der Waals surface area contributed by atoms with Crippen LogP contribution in [0.5, 0.6) is 0 Å². The predicted molar refractivity (Wildman–Crippen MR) is 76.7 cm³/mol. The first-order chi connectivity index (χ1) is 9.22. The predicted octanol–water partition coefficient (Wildman–Crippen LogP) is 1.86. The molecule has 1 aromatic carbocycles. The van der Waals surface area contributed by atoms with Crippen LogP contribution in [0.25, 0.3) is 0 Å². The van der Waals surface area contributed by atoms with Gasteiger partial charge in [-0.2, -0.15) is 5.26 Å². The zero-order chi connectivity index (χ0) is 14.1. The lowest BCUT2D eigenvalue weighted by atomic mass is 10.0. The Morgan fingerprint density at radius 3 is 2.53 bits per heavy atom. The SMILES string of the molecule is COCCN(CCC#N)C(CN)c1ccc(C)cc1. The van der Waals surface area contributed by atoms with Crippen LogP contribution in [0.2, 0.25) is 0 Å². The first-order valence-electron chi connectivity index (χ1n) is 6.59. The van der Waals surface area contributed by atoms with Crippen LogP contribution in [0.3, 0.4) is 0 Å². The van der Waals surface area contributed by atoms with Crippen molar-refractivity contribution in [3.05, 3.63) is 35.4 Å². The summed E-state index contributed by atoms with van der Waals surface area (Å²) in [6.45, 7) is 4.76. The summed E-state index contributed by atoms with van der Waals surface area (Å²) in [6, 6.07) is 10.7. The third kappa shape index (κ3) is 4.99. The van der Waals surface area contributed by atoms with Crippen molar-refractivity contribution in [1.29, 1.82) is 5.26 Å². The van der Waals surface area contributed by atoms with Crippen LogP contribution >= 0.6 is 0 Å². The maximum Gasteiger partial charge on any atom is 0.0635 e. The van der Waals surface area contributed by atoms with E-state index in [2.05, 4.69) is 42.2 Å². The molecule has 1 unspecified atom stereocenters. The number of ether oxygens (including phenoxy) is 1. The van der Waals surface area contributed by atoms with E-state index in [9.17, 15) is 0 Å². The van der Waals surface area contributed by atoms with E-state index in [1.165, 1.54) is 11.1 Å². The first kappa shape index (κ1) is 15.6. The highest BCUT2D eigenvalue weighted by atomic mass is 16.5. The van der Waals surface area contributed by atoms with Crippen LogP contribution in [0, 0.1) is 18.3 Å². The third-order valence-electron chi connectivity index (χ3n) is 3.22. The Morgan fingerprint density at radius 2 is 2.00 bits per heavy atom. The van der Waals surface area contributed by atoms with Gasteiger partial charge in [0.25, 0.3) is 0 Å². The van der Waals surface area contributed by atoms with E-state index >= 15 is 0 Å². The van der Waals surface area contributed by atoms with Crippen LogP contribution < -0.4 is 5.73 Å². The van der Waals surface area contributed by atoms with E-state index in [1.54, 1.807) is 7.11 Å². The average Bonchev–Trinajstić information content (AvgIpc) is 2.43. The molecule has 0 heterocycles. The molecule has 4 nitrogen and oxygen atoms in total. The molecule has 0 spiro atoms. The molecule has 0 fully saturated rings. The number of hydrogen-bond acceptors (Lipinski definition) is 4. The molecule has 0 radical (unpaired) electrons. The molecular formula is C15H23N3O. The topological polar surface area (TPSA) is 62.3 Å². The summed E-state index contributed by atoms with van der Waals surface area (Å²) in [7, 11) is 1.69. The van der Waals surface area contributed by atoms with E-state index in [0.29, 0.717) is 19.6 Å². The number of rotatable bonds is 8. The maximum atomic E-state index is 8.76. The number of aryl methyl sites for hydroxylation is 1. The van der Waals surface area contributed by atoms with Gasteiger partial charge in [0.1, 0.15) is 0 Å². The molecular weight excluding hydrogens is 238 g/mol. The van der Waals surface area contributed by atoms with Crippen molar-refractivity contribution in [2.24, 2.45) is 5.73 Å². The highest BCUT2D eigenvalue weighted by Crippen LogP contribution is 2.20. The van der Waals surface area contributed by atoms with Gasteiger partial charge in [0.2, 0.25) is 0 Å². The van der Waals surface area contributed by atoms with Crippen molar-refractivity contribution in [3.8, 4) is 6.07 Å². The molecule has 4 heteroatoms. The number of nitrogens with zero attached hydrogens (tertiary/aromatic N) is 2. The van der Waals surface area contributed by atoms with Gasteiger partial charge in [-0.25, -0.2) is 0 Å². The summed E-state index contributed by atoms with van der Waals surface area (Å²) < 4.78 is 5.14. The molecule has 0 aliphatic heterocycles. The fourth-order valence-corrected chi connectivity index (χ4v) is 2.11. The molecule has 1 atom stereocenters. The van der Waals surface area contributed by atoms with Crippen LogP contribution in [-0.4, -0.2) is 38.3 Å². The number of hydrogen-bond donors (Lipinski definition) is 1. The van der Waals surface area contributed by atoms with Crippen LogP contribution in [0.15, 0.2) is 24.3 Å². The number of nitriles is 1. The van der Waals surface area contributed by atoms with Crippen molar-refractivity contribution in [1.82, 2.24) is 4.90 Å². The zero-order valence-corrected chi connectivity index (χ0v) is 11.8. The Morgan fingerprint density at radius 1 is 1.32 bits per heavy atom. The summed E-state index contributed by atoms with van der Waals surface area (Å²) >= 11 is 0. The molecule has 19 heavy (non-hydrogen) atoms. The Hall–Kier alpha value is -1.41. The smallest absolute Gasteiger partial charge is 0.0635 e. The van der Waals surface area contributed by atoms with E-state index < -0.39 is 0 Å². The molecule has 1 aromatic rings. The molecule has 0 amide bonds. The number of methoxy groups -OCH3 is 1. The monoisotopic (exact) mass is 261 g/mol. The van der Waals surface area contributed by atoms with Crippen LogP contribution in [-0.2, 0) is 4.74 Å². The van der Waals surface area contributed by atoms with Gasteiger partial charge in [-0.05, 0) is 12.5 Å². The minimum Gasteiger partial charge on any atom is -0.383 e. The van der Waals surface area contributed by atoms with E-state index in [4.69, 9.17) is 15.7 Å². The normalized spacial score (nSPS) is 12.4. The maximum absolute atomic E-state index is 8.76. The number of benzene rings is 1. The summed E-state index contributed by atoms with van der Waals surface area (Å²) in [6.07, 6.45) is 0.506. The Labute approximate surface area is 115 Å². The van der Waals surface area contributed by atoms with Gasteiger partial charge < -0.3 is 10.5 Å². The Bertz CT molecular complexity index is 397. The lowest BCUT2D eigenvalue weighted by Crippen LogP contribution is -2.36. The van der Waals surface area contributed by atoms with Crippen molar-refractivity contribution >= 4 is 0 Å². The van der Waals surface area contributed by atoms with Crippen molar-refractivity contribution in [3.63, 3.8) is 0 Å². The largest absolute Gasteiger partial charge is 0.383 e. The second-order valence-corrected chi connectivity index (χ2v) is 4.60. The quantitative estimate of drug-likeness (QED) is 0.776. The van der Waals surface area contributed by atoms with Gasteiger partial charge in [0.15, 0.2) is 0 Å². The standard InChI is InChI=1S/C15H23N3O/c1-13-4-6-14(7-5-13)15(12-17)18(9-3-8-16)10-11-19-2/h4-7,15H,3,9-12,17H2,1-2H3. The van der Waals surface area contributed by atoms with Gasteiger partial charge in [-0.15, -0.1) is 0 Å². The molecule has 0 bridgehead atoms. The van der Waals surface area contributed by atoms with Crippen molar-refractivity contribution in [2.75, 3.05) is 33.4 Å². The molecule has 0 aromatic heterocycles. The molecule has 104 valence electrons. The minimum absolute atomic E-state index is 0.143. The molecule has 1 rings (SSSR count). The Balaban J connectivity index is 2.81. The van der Waals surface area contributed by atoms with E-state index in [0.717, 1.165) is 13.1 Å². The molecule has 0 saturated heterocycles. The minimum atomic E-state index is 0.143. The summed E-state index contributed by atoms with van der Waals surface area (Å²) in [5, 5.41) is 8.76. The highest BCUT2D eigenvalue weighted by molar-refractivity contribution is 5.24. The van der Waals surface area contributed by atoms with Gasteiger partial charge in [-0.1, -0.05) is 29.8 Å². The lowest BCUT2D eigenvalue weighted by Gasteiger charge is -2.30. The fraction of sp³-hybridized carbons (Fsp3) is 0.533. The number of nitrogens with two attached hydrogens (primary N) is 1. The zero-order valence-electron chi connectivity index (χ0n) is 11.8. The van der Waals surface area contributed by atoms with Crippen molar-refractivity contribution in [2.45, 2.75) is 19.4 Å². The van der Waals surface area contributed by atoms with Crippen molar-refractivity contribution < 1.29 is 4.74 Å². The van der Waals surface area contributed by atoms with Gasteiger partial charge in [0.05, 0.1) is 12.7 Å². The molecule has 0 aliphatic carbocycles. The van der Waals surface area contributed by atoms with Crippen LogP contribution in [0.1, 0.15) is 23.6 Å². The van der Waals surface area contributed by atoms with E-state index in [1.807, 2.05) is 0 Å². The second-order valence-electron chi connectivity index (χ2n) is 4.60. The molecule has 0 aliphatic rings. The van der Waals surface area contributed by atoms with E-state index in [-0.39, 0.29) is 6.04 Å². The molecule has 0 saturated carbocycles. The average molecular weight is 261 g/mol. The Kier molecular flexibility index (Phi) is 7.12. The first-order valence-corrected chi connectivity index (χ1v) is 6.59. The van der Waals surface area contributed by atoms with Crippen LogP contribution in [0.4, 0.5) is 0 Å². The molecule has 2 N–H and O–H groups in total. The second kappa shape index (κ2) is 8.65. The summed E-state index contributed by atoms with van der Waals surface area (Å²) in [5.41, 5.74) is 8.35. The fourth-order valence-electron chi connectivity index (χ4n) is 2.11. The van der Waals surface area contributed by atoms with Gasteiger partial charge >= 0.3 is 0 Å². The highest BCUT2D eigenvalue weighted by Gasteiger charge is 2.18. The summed E-state index contributed by atoms with van der Waals surface area (Å²) in [4.78, 5) is 2.22.